The second-order valence-electron chi connectivity index (χ2n) is 13.1. The largest absolute Gasteiger partial charge is 0.497 e. The molecule has 0 saturated heterocycles. The predicted octanol–water partition coefficient (Wildman–Crippen LogP) is 7.06. The summed E-state index contributed by atoms with van der Waals surface area (Å²) < 4.78 is 78.8. The van der Waals surface area contributed by atoms with Crippen molar-refractivity contribution in [3.05, 3.63) is 124 Å². The Bertz CT molecular complexity index is 2130. The molecule has 1 aliphatic heterocycles. The van der Waals surface area contributed by atoms with Crippen LogP contribution in [0.1, 0.15) is 46.5 Å². The molecule has 0 bridgehead atoms. The summed E-state index contributed by atoms with van der Waals surface area (Å²) in [6, 6.07) is 19.0. The van der Waals surface area contributed by atoms with Crippen molar-refractivity contribution in [2.24, 2.45) is 4.99 Å². The van der Waals surface area contributed by atoms with Crippen molar-refractivity contribution in [2.75, 3.05) is 44.7 Å². The van der Waals surface area contributed by atoms with E-state index in [9.17, 15) is 4.79 Å². The van der Waals surface area contributed by atoms with Crippen molar-refractivity contribution in [1.82, 2.24) is 20.6 Å². The van der Waals surface area contributed by atoms with Crippen LogP contribution >= 0.6 is 11.6 Å². The Morgan fingerprint density at radius 3 is 2.23 bits per heavy atom. The zero-order valence-corrected chi connectivity index (χ0v) is 31.8. The van der Waals surface area contributed by atoms with Gasteiger partial charge in [0.25, 0.3) is 11.0 Å². The summed E-state index contributed by atoms with van der Waals surface area (Å²) >= 11 is 6.58. The summed E-state index contributed by atoms with van der Waals surface area (Å²) in [5, 5.41) is 2.53. The molecule has 0 saturated carbocycles. The van der Waals surface area contributed by atoms with E-state index in [0.29, 0.717) is 17.3 Å². The number of nitrogens with zero attached hydrogens (tertiary/aromatic N) is 4. The quantitative estimate of drug-likeness (QED) is 0.0697. The lowest BCUT2D eigenvalue weighted by Crippen LogP contribution is -2.45. The lowest BCUT2D eigenvalue weighted by Gasteiger charge is -2.33. The lowest BCUT2D eigenvalue weighted by molar-refractivity contribution is -0.138. The number of pyridine rings is 2. The van der Waals surface area contributed by atoms with Crippen LogP contribution < -0.4 is 30.7 Å². The van der Waals surface area contributed by atoms with Crippen molar-refractivity contribution in [3.8, 4) is 11.5 Å². The average Bonchev–Trinajstić information content (AvgIpc) is 3.17. The molecule has 294 valence electrons. The minimum atomic E-state index is -4.99. The maximum absolute atomic E-state index is 17.1. The summed E-state index contributed by atoms with van der Waals surface area (Å²) in [4.78, 5) is 27.7. The number of benzene rings is 2. The maximum Gasteiger partial charge on any atom is 0.418 e. The Labute approximate surface area is 326 Å². The molecule has 1 aliphatic carbocycles. The van der Waals surface area contributed by atoms with Gasteiger partial charge in [-0.25, -0.2) is 14.4 Å². The smallest absolute Gasteiger partial charge is 0.418 e. The van der Waals surface area contributed by atoms with Gasteiger partial charge >= 0.3 is 6.18 Å². The molecule has 2 aromatic carbocycles. The first-order valence-electron chi connectivity index (χ1n) is 17.6. The summed E-state index contributed by atoms with van der Waals surface area (Å²) in [5.41, 5.74) is 4.57. The molecule has 4 N–H and O–H groups in total. The number of hydrogen-bond donors (Lipinski definition) is 3. The van der Waals surface area contributed by atoms with Gasteiger partial charge in [0.15, 0.2) is 0 Å². The number of halogens is 5. The van der Waals surface area contributed by atoms with E-state index >= 15 is 17.6 Å². The van der Waals surface area contributed by atoms with Crippen molar-refractivity contribution < 1.29 is 36.6 Å². The second-order valence-corrected chi connectivity index (χ2v) is 13.6. The first-order chi connectivity index (χ1) is 26.7. The number of fused-ring (bicyclic) bond motifs is 1. The fourth-order valence-corrected chi connectivity index (χ4v) is 6.83. The number of hydrogen-bond acceptors (Lipinski definition) is 10. The molecule has 1 amide bonds. The number of carbonyl (C=O) groups excluding carboxylic acids is 1. The van der Waals surface area contributed by atoms with Crippen LogP contribution in [0.5, 0.6) is 11.5 Å². The van der Waals surface area contributed by atoms with Crippen LogP contribution in [-0.4, -0.2) is 60.8 Å². The predicted molar refractivity (Wildman–Crippen MR) is 206 cm³/mol. The van der Waals surface area contributed by atoms with E-state index in [2.05, 4.69) is 25.6 Å². The molecular formula is C40H40ClF4N7O4. The highest BCUT2D eigenvalue weighted by molar-refractivity contribution is 6.48. The third kappa shape index (κ3) is 8.58. The van der Waals surface area contributed by atoms with Crippen LogP contribution in [0.3, 0.4) is 0 Å². The van der Waals surface area contributed by atoms with E-state index < -0.39 is 39.8 Å². The molecule has 2 aromatic heterocycles. The number of anilines is 2. The Morgan fingerprint density at radius 2 is 1.66 bits per heavy atom. The van der Waals surface area contributed by atoms with Crippen LogP contribution in [0.4, 0.5) is 29.2 Å². The first-order valence-corrected chi connectivity index (χ1v) is 17.9. The van der Waals surface area contributed by atoms with E-state index in [0.717, 1.165) is 22.8 Å². The van der Waals surface area contributed by atoms with E-state index in [1.807, 2.05) is 37.3 Å². The molecule has 2 atom stereocenters. The number of nitrogen functional groups attached to an aromatic ring is 1. The van der Waals surface area contributed by atoms with Gasteiger partial charge in [0.1, 0.15) is 53.5 Å². The minimum absolute atomic E-state index is 0.0780. The fraction of sp³-hybridized carbons (Fsp3) is 0.300. The topological polar surface area (TPSA) is 136 Å². The van der Waals surface area contributed by atoms with E-state index in [4.69, 9.17) is 31.5 Å². The number of ether oxygens (including phenoxy) is 3. The lowest BCUT2D eigenvalue weighted by atomic mass is 9.86. The van der Waals surface area contributed by atoms with Crippen molar-refractivity contribution in [2.45, 2.75) is 44.3 Å². The highest BCUT2D eigenvalue weighted by Gasteiger charge is 2.51. The molecule has 11 nitrogen and oxygen atoms in total. The standard InChI is InChI=1S/C40H40ClF4N7O4/c1-23-18-32(52(20-25-7-11-27(54-3)12-8-25)21-26-9-13-28(55-4)14-10-26)51-35(34(23)40(43,44)45)30-19-31(33-36(39(30,41)42)49-22-50-38(33)53)56-17-16-47-24(2)29-6-5-15-48-37(29)46/h5-15,18-19,24,47H,16-17,20-22H2,1-4H3,(H2,46,48)(H,50,53). The third-order valence-corrected chi connectivity index (χ3v) is 9.76. The summed E-state index contributed by atoms with van der Waals surface area (Å²) in [6.07, 6.45) is -2.41. The summed E-state index contributed by atoms with van der Waals surface area (Å²) in [6.45, 7) is 3.33. The van der Waals surface area contributed by atoms with E-state index in [-0.39, 0.29) is 61.7 Å². The van der Waals surface area contributed by atoms with Crippen LogP contribution in [0.25, 0.3) is 5.57 Å². The second kappa shape index (κ2) is 16.6. The molecule has 0 radical (unpaired) electrons. The maximum atomic E-state index is 17.1. The molecule has 56 heavy (non-hydrogen) atoms. The van der Waals surface area contributed by atoms with Crippen LogP contribution in [-0.2, 0) is 28.8 Å². The molecule has 4 aromatic rings. The number of aromatic nitrogens is 2. The fourth-order valence-electron chi connectivity index (χ4n) is 6.54. The van der Waals surface area contributed by atoms with Crippen LogP contribution in [0.15, 0.2) is 95.3 Å². The van der Waals surface area contributed by atoms with Gasteiger partial charge in [-0.2, -0.15) is 13.2 Å². The van der Waals surface area contributed by atoms with Gasteiger partial charge in [0, 0.05) is 43.0 Å². The molecule has 3 heterocycles. The molecule has 16 heteroatoms. The number of aryl methyl sites for hydroxylation is 1. The summed E-state index contributed by atoms with van der Waals surface area (Å²) in [5.74, 6) is 0.744. The number of amides is 1. The Kier molecular flexibility index (Phi) is 11.9. The molecule has 2 aliphatic rings. The normalized spacial score (nSPS) is 17.3. The van der Waals surface area contributed by atoms with Crippen molar-refractivity contribution >= 4 is 40.4 Å². The molecule has 0 spiro atoms. The number of carbonyl (C=O) groups is 1. The number of nitrogens with one attached hydrogen (secondary N) is 2. The monoisotopic (exact) mass is 793 g/mol. The number of rotatable bonds is 14. The highest BCUT2D eigenvalue weighted by atomic mass is 35.5. The molecule has 6 rings (SSSR count). The highest BCUT2D eigenvalue weighted by Crippen LogP contribution is 2.48. The molecule has 2 unspecified atom stereocenters. The Hall–Kier alpha value is -5.67. The number of nitrogens with two attached hydrogens (primary N) is 1. The van der Waals surface area contributed by atoms with Gasteiger partial charge in [0.2, 0.25) is 0 Å². The van der Waals surface area contributed by atoms with Gasteiger partial charge < -0.3 is 35.5 Å². The first kappa shape index (κ1) is 40.0. The van der Waals surface area contributed by atoms with Gasteiger partial charge in [0.05, 0.1) is 25.5 Å². The van der Waals surface area contributed by atoms with Gasteiger partial charge in [-0.05, 0) is 73.0 Å². The summed E-state index contributed by atoms with van der Waals surface area (Å²) in [7, 11) is 3.09. The third-order valence-electron chi connectivity index (χ3n) is 9.38. The van der Waals surface area contributed by atoms with E-state index in [1.165, 1.54) is 13.0 Å². The van der Waals surface area contributed by atoms with Gasteiger partial charge in [-0.1, -0.05) is 41.9 Å². The van der Waals surface area contributed by atoms with Gasteiger partial charge in [-0.3, -0.25) is 9.79 Å². The van der Waals surface area contributed by atoms with Gasteiger partial charge in [-0.15, -0.1) is 0 Å². The minimum Gasteiger partial charge on any atom is -0.497 e. The number of methoxy groups -OCH3 is 2. The SMILES string of the molecule is COc1ccc(CN(Cc2ccc(OC)cc2)c2cc(C)c(C(F)(F)F)c(C3=CC(OCCNC(C)c4cccnc4N)=C4C(=O)NCN=C4C3(F)Cl)n2)cc1. The number of aliphatic imine (C=N–C) groups is 1. The van der Waals surface area contributed by atoms with Crippen LogP contribution in [0, 0.1) is 6.92 Å². The number of allylic oxidation sites excluding steroid dienone is 2. The van der Waals surface area contributed by atoms with Crippen molar-refractivity contribution in [3.63, 3.8) is 0 Å². The van der Waals surface area contributed by atoms with Crippen LogP contribution in [0.2, 0.25) is 0 Å². The average molecular weight is 794 g/mol. The van der Waals surface area contributed by atoms with Crippen molar-refractivity contribution in [1.29, 1.82) is 0 Å². The zero-order valence-electron chi connectivity index (χ0n) is 31.0. The molecule has 0 fully saturated rings. The van der Waals surface area contributed by atoms with E-state index in [1.54, 1.807) is 55.6 Å². The Morgan fingerprint density at radius 1 is 1.04 bits per heavy atom. The number of alkyl halides is 5. The Balaban J connectivity index is 1.43. The molecular weight excluding hydrogens is 754 g/mol. The zero-order chi connectivity index (χ0) is 40.2.